The van der Waals surface area contributed by atoms with Crippen molar-refractivity contribution in [3.8, 4) is 10.6 Å². The van der Waals surface area contributed by atoms with Crippen molar-refractivity contribution in [1.82, 2.24) is 15.3 Å². The zero-order valence-electron chi connectivity index (χ0n) is 11.3. The molecular formula is C15H14ClN3OS. The summed E-state index contributed by atoms with van der Waals surface area (Å²) in [5.41, 5.74) is 0.936. The Morgan fingerprint density at radius 3 is 2.86 bits per heavy atom. The Morgan fingerprint density at radius 2 is 2.24 bits per heavy atom. The summed E-state index contributed by atoms with van der Waals surface area (Å²) in [5.74, 6) is 0.586. The summed E-state index contributed by atoms with van der Waals surface area (Å²) in [6.45, 7) is 0. The van der Waals surface area contributed by atoms with E-state index in [1.54, 1.807) is 12.4 Å². The van der Waals surface area contributed by atoms with Crippen LogP contribution in [0.2, 0.25) is 5.15 Å². The second-order valence-corrected chi connectivity index (χ2v) is 7.12. The van der Waals surface area contributed by atoms with E-state index in [0.717, 1.165) is 23.4 Å². The van der Waals surface area contributed by atoms with Gasteiger partial charge in [0, 0.05) is 23.5 Å². The molecule has 2 aliphatic rings. The van der Waals surface area contributed by atoms with Crippen LogP contribution in [0.1, 0.15) is 35.4 Å². The first kappa shape index (κ1) is 13.2. The number of thiazole rings is 1. The molecule has 0 saturated heterocycles. The molecule has 2 saturated carbocycles. The Bertz CT molecular complexity index is 692. The van der Waals surface area contributed by atoms with E-state index in [2.05, 4.69) is 15.3 Å². The van der Waals surface area contributed by atoms with Gasteiger partial charge < -0.3 is 5.32 Å². The third-order valence-corrected chi connectivity index (χ3v) is 5.70. The average Bonchev–Trinajstić information content (AvgIpc) is 3.39. The number of hydrogen-bond donors (Lipinski definition) is 1. The van der Waals surface area contributed by atoms with Crippen molar-refractivity contribution in [2.24, 2.45) is 5.92 Å². The fourth-order valence-electron chi connectivity index (χ4n) is 2.74. The molecule has 4 rings (SSSR count). The van der Waals surface area contributed by atoms with Crippen LogP contribution < -0.4 is 5.32 Å². The van der Waals surface area contributed by atoms with E-state index in [0.29, 0.717) is 10.8 Å². The highest BCUT2D eigenvalue weighted by atomic mass is 35.5. The molecule has 1 amide bonds. The molecule has 108 valence electrons. The van der Waals surface area contributed by atoms with E-state index >= 15 is 0 Å². The van der Waals surface area contributed by atoms with Gasteiger partial charge in [0.25, 0.3) is 5.91 Å². The first-order valence-corrected chi connectivity index (χ1v) is 8.27. The van der Waals surface area contributed by atoms with Crippen LogP contribution >= 0.6 is 22.9 Å². The number of nitrogens with one attached hydrogen (secondary N) is 1. The third-order valence-electron chi connectivity index (χ3n) is 4.21. The second kappa shape index (κ2) is 4.78. The number of nitrogens with zero attached hydrogens (tertiary/aromatic N) is 2. The molecule has 2 aliphatic carbocycles. The van der Waals surface area contributed by atoms with Crippen LogP contribution in [0.15, 0.2) is 24.5 Å². The van der Waals surface area contributed by atoms with Gasteiger partial charge in [-0.3, -0.25) is 9.78 Å². The highest BCUT2D eigenvalue weighted by Crippen LogP contribution is 2.53. The van der Waals surface area contributed by atoms with Crippen molar-refractivity contribution < 1.29 is 4.79 Å². The van der Waals surface area contributed by atoms with E-state index in [-0.39, 0.29) is 16.6 Å². The smallest absolute Gasteiger partial charge is 0.265 e. The van der Waals surface area contributed by atoms with Crippen molar-refractivity contribution in [2.45, 2.75) is 31.2 Å². The van der Waals surface area contributed by atoms with Crippen LogP contribution in [-0.2, 0) is 0 Å². The predicted molar refractivity (Wildman–Crippen MR) is 82.5 cm³/mol. The van der Waals surface area contributed by atoms with Crippen molar-refractivity contribution in [3.05, 3.63) is 34.6 Å². The van der Waals surface area contributed by atoms with Gasteiger partial charge in [0.2, 0.25) is 0 Å². The monoisotopic (exact) mass is 319 g/mol. The maximum absolute atomic E-state index is 12.5. The van der Waals surface area contributed by atoms with Gasteiger partial charge in [-0.25, -0.2) is 4.98 Å². The lowest BCUT2D eigenvalue weighted by molar-refractivity contribution is 0.0930. The lowest BCUT2D eigenvalue weighted by Gasteiger charge is -2.15. The van der Waals surface area contributed by atoms with Crippen LogP contribution in [0.4, 0.5) is 0 Å². The lowest BCUT2D eigenvalue weighted by Crippen LogP contribution is -2.38. The molecule has 2 heterocycles. The van der Waals surface area contributed by atoms with E-state index in [1.165, 1.54) is 24.2 Å². The van der Waals surface area contributed by atoms with Crippen molar-refractivity contribution in [3.63, 3.8) is 0 Å². The Morgan fingerprint density at radius 1 is 1.43 bits per heavy atom. The molecule has 0 unspecified atom stereocenters. The van der Waals surface area contributed by atoms with Gasteiger partial charge in [0.1, 0.15) is 9.88 Å². The summed E-state index contributed by atoms with van der Waals surface area (Å²) < 4.78 is 0. The van der Waals surface area contributed by atoms with Crippen molar-refractivity contribution in [1.29, 1.82) is 0 Å². The van der Waals surface area contributed by atoms with Crippen molar-refractivity contribution in [2.75, 3.05) is 0 Å². The Hall–Kier alpha value is -1.46. The van der Waals surface area contributed by atoms with Gasteiger partial charge >= 0.3 is 0 Å². The van der Waals surface area contributed by atoms with Crippen LogP contribution in [-0.4, -0.2) is 21.4 Å². The molecule has 2 aromatic heterocycles. The molecule has 0 aromatic carbocycles. The summed E-state index contributed by atoms with van der Waals surface area (Å²) in [5, 5.41) is 4.19. The van der Waals surface area contributed by atoms with Gasteiger partial charge in [0.05, 0.1) is 0 Å². The lowest BCUT2D eigenvalue weighted by atomic mass is 10.1. The van der Waals surface area contributed by atoms with Crippen LogP contribution in [0.3, 0.4) is 0 Å². The maximum atomic E-state index is 12.5. The average molecular weight is 320 g/mol. The largest absolute Gasteiger partial charge is 0.346 e. The van der Waals surface area contributed by atoms with Crippen LogP contribution in [0.5, 0.6) is 0 Å². The Kier molecular flexibility index (Phi) is 3.01. The fourth-order valence-corrected chi connectivity index (χ4v) is 3.92. The van der Waals surface area contributed by atoms with Gasteiger partial charge in [-0.05, 0) is 43.7 Å². The van der Waals surface area contributed by atoms with E-state index in [4.69, 9.17) is 11.6 Å². The molecule has 0 radical (unpaired) electrons. The second-order valence-electron chi connectivity index (χ2n) is 5.77. The minimum absolute atomic E-state index is 0.0544. The molecule has 4 nitrogen and oxygen atoms in total. The summed E-state index contributed by atoms with van der Waals surface area (Å²) in [4.78, 5) is 21.3. The Labute approximate surface area is 131 Å². The number of pyridine rings is 1. The van der Waals surface area contributed by atoms with Gasteiger partial charge in [0.15, 0.2) is 5.15 Å². The third kappa shape index (κ3) is 2.45. The normalized spacial score (nSPS) is 19.3. The molecule has 0 spiro atoms. The zero-order valence-corrected chi connectivity index (χ0v) is 12.9. The van der Waals surface area contributed by atoms with Gasteiger partial charge in [-0.15, -0.1) is 11.3 Å². The number of carbonyl (C=O) groups is 1. The van der Waals surface area contributed by atoms with Gasteiger partial charge in [-0.1, -0.05) is 11.6 Å². The highest BCUT2D eigenvalue weighted by Gasteiger charge is 2.55. The standard InChI is InChI=1S/C15H14ClN3OS/c16-12-11(13(20)19-15(5-6-15)10-3-4-10)21-14(18-12)9-2-1-7-17-8-9/h1-2,7-8,10H,3-6H2,(H,19,20). The summed E-state index contributed by atoms with van der Waals surface area (Å²) in [6, 6.07) is 3.76. The molecule has 21 heavy (non-hydrogen) atoms. The molecule has 2 fully saturated rings. The number of aromatic nitrogens is 2. The number of halogens is 1. The minimum Gasteiger partial charge on any atom is -0.346 e. The quantitative estimate of drug-likeness (QED) is 0.938. The summed E-state index contributed by atoms with van der Waals surface area (Å²) >= 11 is 7.48. The zero-order chi connectivity index (χ0) is 14.4. The van der Waals surface area contributed by atoms with E-state index in [1.807, 2.05) is 12.1 Å². The topological polar surface area (TPSA) is 54.9 Å². The molecular weight excluding hydrogens is 306 g/mol. The van der Waals surface area contributed by atoms with Gasteiger partial charge in [-0.2, -0.15) is 0 Å². The number of rotatable bonds is 4. The first-order chi connectivity index (χ1) is 10.2. The molecule has 0 aliphatic heterocycles. The number of hydrogen-bond acceptors (Lipinski definition) is 4. The molecule has 6 heteroatoms. The number of amides is 1. The minimum atomic E-state index is -0.0861. The number of carbonyl (C=O) groups excluding carboxylic acids is 1. The van der Waals surface area contributed by atoms with Crippen LogP contribution in [0, 0.1) is 5.92 Å². The highest BCUT2D eigenvalue weighted by molar-refractivity contribution is 7.17. The SMILES string of the molecule is O=C(NC1(C2CC2)CC1)c1sc(-c2cccnc2)nc1Cl. The predicted octanol–water partition coefficient (Wildman–Crippen LogP) is 3.53. The summed E-state index contributed by atoms with van der Waals surface area (Å²) in [7, 11) is 0. The fraction of sp³-hybridized carbons (Fsp3) is 0.400. The maximum Gasteiger partial charge on any atom is 0.265 e. The first-order valence-electron chi connectivity index (χ1n) is 7.07. The summed E-state index contributed by atoms with van der Waals surface area (Å²) in [6.07, 6.45) is 8.09. The Balaban J connectivity index is 1.58. The van der Waals surface area contributed by atoms with E-state index < -0.39 is 0 Å². The molecule has 1 N–H and O–H groups in total. The molecule has 2 aromatic rings. The van der Waals surface area contributed by atoms with Crippen molar-refractivity contribution >= 4 is 28.8 Å². The van der Waals surface area contributed by atoms with E-state index in [9.17, 15) is 4.79 Å². The molecule has 0 atom stereocenters. The van der Waals surface area contributed by atoms with Crippen LogP contribution in [0.25, 0.3) is 10.6 Å². The molecule has 0 bridgehead atoms.